The number of hydrogen-bond acceptors (Lipinski definition) is 4. The Morgan fingerprint density at radius 1 is 0.960 bits per heavy atom. The van der Waals surface area contributed by atoms with Crippen molar-refractivity contribution in [1.82, 2.24) is 14.8 Å². The van der Waals surface area contributed by atoms with Crippen LogP contribution in [0, 0.1) is 0 Å². The molecule has 4 rings (SSSR count). The van der Waals surface area contributed by atoms with Crippen LogP contribution in [0.4, 0.5) is 5.95 Å². The fourth-order valence-corrected chi connectivity index (χ4v) is 4.05. The Hall–Kier alpha value is -2.93. The second kappa shape index (κ2) is 6.18. The van der Waals surface area contributed by atoms with Crippen molar-refractivity contribution in [1.29, 1.82) is 0 Å². The van der Waals surface area contributed by atoms with E-state index in [-0.39, 0.29) is 5.95 Å². The number of rotatable bonds is 4. The molecule has 0 saturated carbocycles. The van der Waals surface area contributed by atoms with Gasteiger partial charge in [-0.2, -0.15) is 0 Å². The average molecular weight is 352 g/mol. The molecular formula is C18H16N4O2S. The zero-order chi connectivity index (χ0) is 17.3. The van der Waals surface area contributed by atoms with Gasteiger partial charge in [0.15, 0.2) is 0 Å². The van der Waals surface area contributed by atoms with Gasteiger partial charge in [-0.1, -0.05) is 42.5 Å². The lowest BCUT2D eigenvalue weighted by Crippen LogP contribution is -2.19. The van der Waals surface area contributed by atoms with Crippen LogP contribution in [-0.2, 0) is 16.4 Å². The van der Waals surface area contributed by atoms with E-state index in [0.29, 0.717) is 17.7 Å². The maximum Gasteiger partial charge on any atom is 0.260 e. The van der Waals surface area contributed by atoms with Crippen LogP contribution in [0.5, 0.6) is 0 Å². The monoisotopic (exact) mass is 352 g/mol. The molecule has 0 radical (unpaired) electrons. The standard InChI is InChI=1S/C18H16N4O2S/c23-25(24,17-11-10-14-6-4-5-7-15(14)12-17)21-18-20-19-13-22(18)16-8-2-1-3-9-16/h1-9,12-13H,10-11H2,(H,20,21). The number of para-hydroxylation sites is 1. The first-order chi connectivity index (χ1) is 12.1. The summed E-state index contributed by atoms with van der Waals surface area (Å²) in [5.41, 5.74) is 2.89. The fourth-order valence-electron chi connectivity index (χ4n) is 2.89. The Morgan fingerprint density at radius 3 is 2.56 bits per heavy atom. The van der Waals surface area contributed by atoms with Gasteiger partial charge < -0.3 is 0 Å². The van der Waals surface area contributed by atoms with Crippen molar-refractivity contribution >= 4 is 22.0 Å². The average Bonchev–Trinajstić information content (AvgIpc) is 3.09. The lowest BCUT2D eigenvalue weighted by atomic mass is 9.98. The molecule has 1 heterocycles. The first-order valence-electron chi connectivity index (χ1n) is 7.90. The van der Waals surface area contributed by atoms with E-state index in [9.17, 15) is 8.42 Å². The first kappa shape index (κ1) is 15.6. The summed E-state index contributed by atoms with van der Waals surface area (Å²) in [6.07, 6.45) is 4.38. The SMILES string of the molecule is O=S(=O)(Nc1nncn1-c1ccccc1)C1=Cc2ccccc2CC1. The number of nitrogens with one attached hydrogen (secondary N) is 1. The highest BCUT2D eigenvalue weighted by Crippen LogP contribution is 2.28. The van der Waals surface area contributed by atoms with Crippen LogP contribution in [0.25, 0.3) is 11.8 Å². The molecule has 25 heavy (non-hydrogen) atoms. The molecule has 0 atom stereocenters. The molecule has 0 aliphatic heterocycles. The number of aromatic nitrogens is 3. The number of benzene rings is 2. The van der Waals surface area contributed by atoms with E-state index in [1.165, 1.54) is 6.33 Å². The summed E-state index contributed by atoms with van der Waals surface area (Å²) in [6.45, 7) is 0. The highest BCUT2D eigenvalue weighted by molar-refractivity contribution is 7.96. The summed E-state index contributed by atoms with van der Waals surface area (Å²) in [5.74, 6) is 0.172. The lowest BCUT2D eigenvalue weighted by molar-refractivity contribution is 0.604. The topological polar surface area (TPSA) is 76.9 Å². The normalized spacial score (nSPS) is 13.8. The second-order valence-electron chi connectivity index (χ2n) is 5.78. The first-order valence-corrected chi connectivity index (χ1v) is 9.38. The Balaban J connectivity index is 1.66. The molecule has 0 unspecified atom stereocenters. The molecule has 1 N–H and O–H groups in total. The maximum absolute atomic E-state index is 12.8. The van der Waals surface area contributed by atoms with Gasteiger partial charge in [0, 0.05) is 0 Å². The van der Waals surface area contributed by atoms with Crippen LogP contribution in [0.2, 0.25) is 0 Å². The zero-order valence-corrected chi connectivity index (χ0v) is 14.1. The van der Waals surface area contributed by atoms with Gasteiger partial charge in [-0.05, 0) is 42.2 Å². The van der Waals surface area contributed by atoms with Crippen LogP contribution >= 0.6 is 0 Å². The number of fused-ring (bicyclic) bond motifs is 1. The van der Waals surface area contributed by atoms with Crippen molar-refractivity contribution in [3.63, 3.8) is 0 Å². The van der Waals surface area contributed by atoms with Gasteiger partial charge in [0.2, 0.25) is 5.95 Å². The molecule has 1 aliphatic rings. The third-order valence-corrected chi connectivity index (χ3v) is 5.63. The largest absolute Gasteiger partial charge is 0.267 e. The Labute approximate surface area is 145 Å². The van der Waals surface area contributed by atoms with Crippen LogP contribution in [-0.4, -0.2) is 23.2 Å². The van der Waals surface area contributed by atoms with Crippen molar-refractivity contribution in [2.45, 2.75) is 12.8 Å². The molecule has 7 heteroatoms. The molecular weight excluding hydrogens is 336 g/mol. The molecule has 0 amide bonds. The number of anilines is 1. The predicted octanol–water partition coefficient (Wildman–Crippen LogP) is 3.00. The highest BCUT2D eigenvalue weighted by Gasteiger charge is 2.23. The van der Waals surface area contributed by atoms with Crippen LogP contribution in [0.15, 0.2) is 65.8 Å². The summed E-state index contributed by atoms with van der Waals surface area (Å²) in [4.78, 5) is 0.355. The second-order valence-corrected chi connectivity index (χ2v) is 7.51. The van der Waals surface area contributed by atoms with E-state index >= 15 is 0 Å². The lowest BCUT2D eigenvalue weighted by Gasteiger charge is -2.17. The third-order valence-electron chi connectivity index (χ3n) is 4.17. The molecule has 3 aromatic rings. The van der Waals surface area contributed by atoms with Crippen molar-refractivity contribution < 1.29 is 8.42 Å². The summed E-state index contributed by atoms with van der Waals surface area (Å²) in [6, 6.07) is 17.2. The van der Waals surface area contributed by atoms with Gasteiger partial charge in [-0.15, -0.1) is 10.2 Å². The number of sulfonamides is 1. The molecule has 1 aromatic heterocycles. The Morgan fingerprint density at radius 2 is 1.72 bits per heavy atom. The van der Waals surface area contributed by atoms with E-state index in [1.807, 2.05) is 54.6 Å². The molecule has 6 nitrogen and oxygen atoms in total. The molecule has 0 bridgehead atoms. The van der Waals surface area contributed by atoms with E-state index in [4.69, 9.17) is 0 Å². The predicted molar refractivity (Wildman–Crippen MR) is 96.6 cm³/mol. The van der Waals surface area contributed by atoms with Crippen LogP contribution < -0.4 is 4.72 Å². The van der Waals surface area contributed by atoms with Crippen molar-refractivity contribution in [2.24, 2.45) is 0 Å². The van der Waals surface area contributed by atoms with Gasteiger partial charge >= 0.3 is 0 Å². The number of hydrogen-bond donors (Lipinski definition) is 1. The minimum absolute atomic E-state index is 0.172. The molecule has 0 fully saturated rings. The zero-order valence-electron chi connectivity index (χ0n) is 13.3. The summed E-state index contributed by atoms with van der Waals surface area (Å²) >= 11 is 0. The van der Waals surface area contributed by atoms with Gasteiger partial charge in [-0.25, -0.2) is 13.1 Å². The number of aryl methyl sites for hydroxylation is 1. The third kappa shape index (κ3) is 3.06. The van der Waals surface area contributed by atoms with Gasteiger partial charge in [0.05, 0.1) is 10.6 Å². The van der Waals surface area contributed by atoms with E-state index < -0.39 is 10.0 Å². The van der Waals surface area contributed by atoms with Crippen molar-refractivity contribution in [3.05, 3.63) is 77.0 Å². The number of allylic oxidation sites excluding steroid dienone is 1. The molecule has 0 spiro atoms. The smallest absolute Gasteiger partial charge is 0.260 e. The number of nitrogens with zero attached hydrogens (tertiary/aromatic N) is 3. The Kier molecular flexibility index (Phi) is 3.85. The van der Waals surface area contributed by atoms with Crippen molar-refractivity contribution in [3.8, 4) is 5.69 Å². The summed E-state index contributed by atoms with van der Waals surface area (Å²) in [7, 11) is -3.69. The highest BCUT2D eigenvalue weighted by atomic mass is 32.2. The Bertz CT molecular complexity index is 1040. The van der Waals surface area contributed by atoms with E-state index in [2.05, 4.69) is 14.9 Å². The fraction of sp³-hybridized carbons (Fsp3) is 0.111. The quantitative estimate of drug-likeness (QED) is 0.783. The minimum Gasteiger partial charge on any atom is -0.267 e. The maximum atomic E-state index is 12.8. The van der Waals surface area contributed by atoms with E-state index in [0.717, 1.165) is 16.8 Å². The van der Waals surface area contributed by atoms with Gasteiger partial charge in [0.1, 0.15) is 6.33 Å². The van der Waals surface area contributed by atoms with Crippen LogP contribution in [0.1, 0.15) is 17.5 Å². The minimum atomic E-state index is -3.69. The summed E-state index contributed by atoms with van der Waals surface area (Å²) in [5, 5.41) is 7.74. The van der Waals surface area contributed by atoms with E-state index in [1.54, 1.807) is 10.6 Å². The van der Waals surface area contributed by atoms with Gasteiger partial charge in [0.25, 0.3) is 10.0 Å². The molecule has 1 aliphatic carbocycles. The van der Waals surface area contributed by atoms with Gasteiger partial charge in [-0.3, -0.25) is 4.57 Å². The van der Waals surface area contributed by atoms with Crippen LogP contribution in [0.3, 0.4) is 0 Å². The van der Waals surface area contributed by atoms with Crippen molar-refractivity contribution in [2.75, 3.05) is 4.72 Å². The molecule has 2 aromatic carbocycles. The molecule has 126 valence electrons. The molecule has 0 saturated heterocycles. The summed E-state index contributed by atoms with van der Waals surface area (Å²) < 4.78 is 29.7.